The second-order valence-corrected chi connectivity index (χ2v) is 8.24. The number of rotatable bonds is 10. The summed E-state index contributed by atoms with van der Waals surface area (Å²) in [5.41, 5.74) is 2.55. The molecule has 1 atom stereocenters. The molecule has 2 saturated heterocycles. The lowest BCUT2D eigenvalue weighted by Gasteiger charge is -2.29. The van der Waals surface area contributed by atoms with E-state index in [0.29, 0.717) is 12.7 Å². The Kier molecular flexibility index (Phi) is 9.89. The fourth-order valence-corrected chi connectivity index (χ4v) is 3.88. The molecule has 0 aromatic heterocycles. The predicted molar refractivity (Wildman–Crippen MR) is 120 cm³/mol. The number of nitrogens with zero attached hydrogens (tertiary/aromatic N) is 2. The first-order chi connectivity index (χ1) is 14.7. The molecule has 2 fully saturated rings. The van der Waals surface area contributed by atoms with Crippen LogP contribution in [0.2, 0.25) is 0 Å². The minimum atomic E-state index is -0.114. The van der Waals surface area contributed by atoms with Crippen LogP contribution in [0.4, 0.5) is 0 Å². The van der Waals surface area contributed by atoms with Gasteiger partial charge in [-0.25, -0.2) is 0 Å². The Morgan fingerprint density at radius 3 is 2.63 bits per heavy atom. The van der Waals surface area contributed by atoms with Gasteiger partial charge in [-0.15, -0.1) is 0 Å². The van der Waals surface area contributed by atoms with Crippen LogP contribution in [0.5, 0.6) is 0 Å². The van der Waals surface area contributed by atoms with Crippen LogP contribution in [-0.4, -0.2) is 74.7 Å². The van der Waals surface area contributed by atoms with Crippen LogP contribution in [0.1, 0.15) is 43.2 Å². The highest BCUT2D eigenvalue weighted by molar-refractivity contribution is 5.79. The molecule has 0 bridgehead atoms. The predicted octanol–water partition coefficient (Wildman–Crippen LogP) is 1.89. The van der Waals surface area contributed by atoms with Crippen molar-refractivity contribution in [2.24, 2.45) is 4.99 Å². The van der Waals surface area contributed by atoms with Crippen molar-refractivity contribution < 1.29 is 14.6 Å². The highest BCUT2D eigenvalue weighted by Gasteiger charge is 2.17. The topological polar surface area (TPSA) is 78.4 Å². The molecule has 0 saturated carbocycles. The van der Waals surface area contributed by atoms with Gasteiger partial charge in [0.05, 0.1) is 18.8 Å². The Hall–Kier alpha value is -1.67. The summed E-state index contributed by atoms with van der Waals surface area (Å²) in [5, 5.41) is 16.3. The molecular weight excluding hydrogens is 380 g/mol. The van der Waals surface area contributed by atoms with Gasteiger partial charge in [-0.3, -0.25) is 9.89 Å². The molecule has 0 spiro atoms. The molecule has 1 aromatic rings. The van der Waals surface area contributed by atoms with Gasteiger partial charge in [-0.1, -0.05) is 24.3 Å². The number of aliphatic hydroxyl groups is 1. The molecule has 0 aliphatic carbocycles. The molecule has 168 valence electrons. The molecule has 2 aliphatic heterocycles. The number of hydrogen-bond donors (Lipinski definition) is 3. The molecule has 0 radical (unpaired) electrons. The van der Waals surface area contributed by atoms with Gasteiger partial charge in [0.1, 0.15) is 0 Å². The maximum absolute atomic E-state index is 9.63. The largest absolute Gasteiger partial charge is 0.393 e. The van der Waals surface area contributed by atoms with E-state index in [2.05, 4.69) is 44.8 Å². The Morgan fingerprint density at radius 2 is 1.93 bits per heavy atom. The van der Waals surface area contributed by atoms with Crippen molar-refractivity contribution in [3.8, 4) is 0 Å². The van der Waals surface area contributed by atoms with Crippen molar-refractivity contribution in [1.29, 1.82) is 0 Å². The first-order valence-corrected chi connectivity index (χ1v) is 11.3. The van der Waals surface area contributed by atoms with Crippen molar-refractivity contribution in [2.45, 2.75) is 57.4 Å². The van der Waals surface area contributed by atoms with Gasteiger partial charge in [-0.05, 0) is 43.2 Å². The lowest BCUT2D eigenvalue weighted by molar-refractivity contribution is 0.0168. The van der Waals surface area contributed by atoms with Crippen molar-refractivity contribution in [3.63, 3.8) is 0 Å². The Balaban J connectivity index is 1.27. The average Bonchev–Trinajstić information content (AvgIpc) is 3.29. The Labute approximate surface area is 180 Å². The highest BCUT2D eigenvalue weighted by Crippen LogP contribution is 2.14. The number of aliphatic hydroxyl groups excluding tert-OH is 1. The lowest BCUT2D eigenvalue weighted by atomic mass is 10.1. The number of hydrogen-bond acceptors (Lipinski definition) is 5. The number of piperidine rings is 1. The van der Waals surface area contributed by atoms with E-state index in [4.69, 9.17) is 9.47 Å². The molecular formula is C23H38N4O3. The number of likely N-dealkylation sites (tertiary alicyclic amines) is 1. The van der Waals surface area contributed by atoms with E-state index >= 15 is 0 Å². The van der Waals surface area contributed by atoms with E-state index < -0.39 is 0 Å². The minimum Gasteiger partial charge on any atom is -0.393 e. The van der Waals surface area contributed by atoms with Crippen LogP contribution in [-0.2, 0) is 22.6 Å². The zero-order chi connectivity index (χ0) is 21.0. The van der Waals surface area contributed by atoms with Crippen LogP contribution >= 0.6 is 0 Å². The zero-order valence-corrected chi connectivity index (χ0v) is 18.3. The smallest absolute Gasteiger partial charge is 0.191 e. The molecule has 1 unspecified atom stereocenters. The minimum absolute atomic E-state index is 0.114. The lowest BCUT2D eigenvalue weighted by Crippen LogP contribution is -2.37. The second kappa shape index (κ2) is 12.9. The quantitative estimate of drug-likeness (QED) is 0.306. The summed E-state index contributed by atoms with van der Waals surface area (Å²) in [6.07, 6.45) is 5.17. The summed E-state index contributed by atoms with van der Waals surface area (Å²) in [6.45, 7) is 6.81. The molecule has 3 rings (SSSR count). The molecule has 1 aromatic carbocycles. The van der Waals surface area contributed by atoms with Gasteiger partial charge in [0.2, 0.25) is 0 Å². The van der Waals surface area contributed by atoms with Gasteiger partial charge < -0.3 is 25.2 Å². The van der Waals surface area contributed by atoms with Crippen LogP contribution in [0.25, 0.3) is 0 Å². The molecule has 0 amide bonds. The van der Waals surface area contributed by atoms with E-state index in [1.807, 2.05) is 0 Å². The Morgan fingerprint density at radius 1 is 1.17 bits per heavy atom. The molecule has 2 heterocycles. The molecule has 7 nitrogen and oxygen atoms in total. The van der Waals surface area contributed by atoms with Gasteiger partial charge in [0.15, 0.2) is 5.96 Å². The van der Waals surface area contributed by atoms with Gasteiger partial charge >= 0.3 is 0 Å². The van der Waals surface area contributed by atoms with Crippen LogP contribution < -0.4 is 10.6 Å². The highest BCUT2D eigenvalue weighted by atomic mass is 16.5. The first-order valence-electron chi connectivity index (χ1n) is 11.3. The maximum atomic E-state index is 9.63. The summed E-state index contributed by atoms with van der Waals surface area (Å²) in [4.78, 5) is 6.70. The summed E-state index contributed by atoms with van der Waals surface area (Å²) >= 11 is 0. The molecule has 2 aliphatic rings. The third kappa shape index (κ3) is 8.22. The van der Waals surface area contributed by atoms with Crippen LogP contribution in [0, 0.1) is 0 Å². The number of nitrogens with one attached hydrogen (secondary N) is 2. The first kappa shape index (κ1) is 23.0. The number of guanidine groups is 1. The van der Waals surface area contributed by atoms with Crippen molar-refractivity contribution in [2.75, 3.05) is 46.5 Å². The number of benzene rings is 1. The monoisotopic (exact) mass is 418 g/mol. The van der Waals surface area contributed by atoms with Crippen LogP contribution in [0.15, 0.2) is 29.3 Å². The van der Waals surface area contributed by atoms with Crippen molar-refractivity contribution in [3.05, 3.63) is 35.4 Å². The van der Waals surface area contributed by atoms with Crippen molar-refractivity contribution in [1.82, 2.24) is 15.5 Å². The zero-order valence-electron chi connectivity index (χ0n) is 18.3. The number of aliphatic imine (C=N–C) groups is 1. The summed E-state index contributed by atoms with van der Waals surface area (Å²) in [7, 11) is 1.79. The molecule has 7 heteroatoms. The standard InChI is InChI=1S/C23H38N4O3/c1-24-23(25-11-3-14-29-18-22-4-2-15-30-22)26-16-19-5-7-20(8-6-19)17-27-12-9-21(28)10-13-27/h5-8,21-22,28H,2-4,9-18H2,1H3,(H2,24,25,26). The van der Waals surface area contributed by atoms with Gasteiger partial charge in [0.25, 0.3) is 0 Å². The van der Waals surface area contributed by atoms with Gasteiger partial charge in [0, 0.05) is 53.0 Å². The Bertz CT molecular complexity index is 624. The van der Waals surface area contributed by atoms with Gasteiger partial charge in [-0.2, -0.15) is 0 Å². The summed E-state index contributed by atoms with van der Waals surface area (Å²) in [6, 6.07) is 8.74. The van der Waals surface area contributed by atoms with E-state index in [-0.39, 0.29) is 6.10 Å². The van der Waals surface area contributed by atoms with E-state index in [0.717, 1.165) is 84.0 Å². The van der Waals surface area contributed by atoms with E-state index in [9.17, 15) is 5.11 Å². The molecule has 3 N–H and O–H groups in total. The number of ether oxygens (including phenoxy) is 2. The van der Waals surface area contributed by atoms with Crippen molar-refractivity contribution >= 4 is 5.96 Å². The average molecular weight is 419 g/mol. The third-order valence-corrected chi connectivity index (χ3v) is 5.76. The third-order valence-electron chi connectivity index (χ3n) is 5.76. The second-order valence-electron chi connectivity index (χ2n) is 8.24. The van der Waals surface area contributed by atoms with E-state index in [1.54, 1.807) is 7.05 Å². The van der Waals surface area contributed by atoms with Crippen LogP contribution in [0.3, 0.4) is 0 Å². The molecule has 30 heavy (non-hydrogen) atoms. The summed E-state index contributed by atoms with van der Waals surface area (Å²) in [5.74, 6) is 0.810. The SMILES string of the molecule is CN=C(NCCCOCC1CCCO1)NCc1ccc(CN2CCC(O)CC2)cc1. The normalized spacial score (nSPS) is 21.1. The maximum Gasteiger partial charge on any atom is 0.191 e. The fraction of sp³-hybridized carbons (Fsp3) is 0.696. The summed E-state index contributed by atoms with van der Waals surface area (Å²) < 4.78 is 11.2. The fourth-order valence-electron chi connectivity index (χ4n) is 3.88. The van der Waals surface area contributed by atoms with E-state index in [1.165, 1.54) is 11.1 Å².